The van der Waals surface area contributed by atoms with Gasteiger partial charge in [0, 0.05) is 19.3 Å². The van der Waals surface area contributed by atoms with Gasteiger partial charge in [-0.05, 0) is 30.7 Å². The molecule has 2 nitrogen and oxygen atoms in total. The van der Waals surface area contributed by atoms with Crippen LogP contribution in [-0.2, 0) is 0 Å². The zero-order chi connectivity index (χ0) is 11.5. The lowest BCUT2D eigenvalue weighted by Gasteiger charge is -2.36. The Balaban J connectivity index is 2.13. The molecule has 1 saturated heterocycles. The number of pyridine rings is 1. The highest BCUT2D eigenvalue weighted by atomic mass is 19.1. The molecule has 0 amide bonds. The molecule has 0 aliphatic carbocycles. The normalized spacial score (nSPS) is 21.5. The van der Waals surface area contributed by atoms with Crippen LogP contribution < -0.4 is 4.90 Å². The molecule has 0 bridgehead atoms. The van der Waals surface area contributed by atoms with E-state index in [0.29, 0.717) is 17.5 Å². The minimum atomic E-state index is -0.202. The third-order valence-corrected chi connectivity index (χ3v) is 3.49. The molecule has 1 aliphatic rings. The van der Waals surface area contributed by atoms with Crippen molar-refractivity contribution in [1.29, 1.82) is 0 Å². The van der Waals surface area contributed by atoms with Crippen LogP contribution >= 0.6 is 0 Å². The van der Waals surface area contributed by atoms with E-state index in [2.05, 4.69) is 23.7 Å². The van der Waals surface area contributed by atoms with Crippen molar-refractivity contribution in [1.82, 2.24) is 4.98 Å². The average Bonchev–Trinajstić information content (AvgIpc) is 2.30. The topological polar surface area (TPSA) is 16.1 Å². The monoisotopic (exact) mass is 222 g/mol. The van der Waals surface area contributed by atoms with Crippen LogP contribution in [0.15, 0.2) is 18.5 Å². The Morgan fingerprint density at radius 2 is 2.31 bits per heavy atom. The van der Waals surface area contributed by atoms with Crippen molar-refractivity contribution in [3.63, 3.8) is 0 Å². The van der Waals surface area contributed by atoms with E-state index in [1.807, 2.05) is 0 Å². The molecule has 1 fully saturated rings. The Bertz CT molecular complexity index is 352. The molecule has 0 saturated carbocycles. The maximum Gasteiger partial charge on any atom is 0.164 e. The van der Waals surface area contributed by atoms with Crippen LogP contribution in [-0.4, -0.2) is 18.1 Å². The quantitative estimate of drug-likeness (QED) is 0.764. The van der Waals surface area contributed by atoms with Crippen LogP contribution in [0.3, 0.4) is 0 Å². The number of halogens is 1. The van der Waals surface area contributed by atoms with Gasteiger partial charge >= 0.3 is 0 Å². The van der Waals surface area contributed by atoms with Gasteiger partial charge in [-0.2, -0.15) is 0 Å². The van der Waals surface area contributed by atoms with Crippen molar-refractivity contribution in [3.8, 4) is 0 Å². The van der Waals surface area contributed by atoms with Gasteiger partial charge in [0.1, 0.15) is 0 Å². The summed E-state index contributed by atoms with van der Waals surface area (Å²) in [4.78, 5) is 5.95. The van der Waals surface area contributed by atoms with Crippen LogP contribution in [0.2, 0.25) is 0 Å². The number of nitrogens with zero attached hydrogens (tertiary/aromatic N) is 2. The van der Waals surface area contributed by atoms with Gasteiger partial charge in [-0.25, -0.2) is 4.39 Å². The van der Waals surface area contributed by atoms with Gasteiger partial charge < -0.3 is 4.90 Å². The van der Waals surface area contributed by atoms with Crippen molar-refractivity contribution in [3.05, 3.63) is 24.3 Å². The fraction of sp³-hybridized carbons (Fsp3) is 0.615. The summed E-state index contributed by atoms with van der Waals surface area (Å²) in [5.41, 5.74) is 0.709. The second-order valence-electron chi connectivity index (χ2n) is 4.92. The third-order valence-electron chi connectivity index (χ3n) is 3.49. The fourth-order valence-electron chi connectivity index (χ4n) is 2.40. The number of hydrogen-bond donors (Lipinski definition) is 0. The summed E-state index contributed by atoms with van der Waals surface area (Å²) in [6, 6.07) is 1.78. The maximum absolute atomic E-state index is 13.6. The summed E-state index contributed by atoms with van der Waals surface area (Å²) < 4.78 is 13.6. The van der Waals surface area contributed by atoms with Gasteiger partial charge in [-0.3, -0.25) is 4.98 Å². The van der Waals surface area contributed by atoms with E-state index >= 15 is 0 Å². The minimum absolute atomic E-state index is 0.202. The first-order valence-corrected chi connectivity index (χ1v) is 6.03. The Kier molecular flexibility index (Phi) is 3.42. The van der Waals surface area contributed by atoms with Crippen LogP contribution in [0.4, 0.5) is 10.1 Å². The number of rotatable bonds is 2. The smallest absolute Gasteiger partial charge is 0.164 e. The summed E-state index contributed by atoms with van der Waals surface area (Å²) in [5, 5.41) is 0. The largest absolute Gasteiger partial charge is 0.369 e. The van der Waals surface area contributed by atoms with E-state index < -0.39 is 0 Å². The number of piperidine rings is 1. The molecular weight excluding hydrogens is 203 g/mol. The molecule has 1 aliphatic heterocycles. The molecule has 1 atom stereocenters. The maximum atomic E-state index is 13.6. The fourth-order valence-corrected chi connectivity index (χ4v) is 2.40. The van der Waals surface area contributed by atoms with Gasteiger partial charge in [0.2, 0.25) is 0 Å². The SMILES string of the molecule is CC(C)C1CCCN(c2ccncc2F)C1. The van der Waals surface area contributed by atoms with Gasteiger partial charge in [0.05, 0.1) is 11.9 Å². The van der Waals surface area contributed by atoms with Crippen LogP contribution in [0.25, 0.3) is 0 Å². The zero-order valence-electron chi connectivity index (χ0n) is 9.99. The standard InChI is InChI=1S/C13H19FN2/c1-10(2)11-4-3-7-16(9-11)13-5-6-15-8-12(13)14/h5-6,8,10-11H,3-4,7,9H2,1-2H3. The molecule has 0 spiro atoms. The van der Waals surface area contributed by atoms with Crippen molar-refractivity contribution >= 4 is 5.69 Å². The molecule has 1 unspecified atom stereocenters. The predicted octanol–water partition coefficient (Wildman–Crippen LogP) is 3.09. The molecular formula is C13H19FN2. The first-order chi connectivity index (χ1) is 7.68. The van der Waals surface area contributed by atoms with Crippen molar-refractivity contribution in [2.24, 2.45) is 11.8 Å². The molecule has 1 aromatic rings. The first kappa shape index (κ1) is 11.4. The van der Waals surface area contributed by atoms with Gasteiger partial charge in [0.25, 0.3) is 0 Å². The van der Waals surface area contributed by atoms with E-state index in [1.54, 1.807) is 12.3 Å². The number of anilines is 1. The lowest BCUT2D eigenvalue weighted by atomic mass is 9.88. The Hall–Kier alpha value is -1.12. The Morgan fingerprint density at radius 1 is 1.50 bits per heavy atom. The van der Waals surface area contributed by atoms with Gasteiger partial charge in [-0.1, -0.05) is 13.8 Å². The molecule has 88 valence electrons. The molecule has 0 radical (unpaired) electrons. The lowest BCUT2D eigenvalue weighted by molar-refractivity contribution is 0.320. The summed E-state index contributed by atoms with van der Waals surface area (Å²) in [7, 11) is 0. The van der Waals surface area contributed by atoms with Crippen molar-refractivity contribution < 1.29 is 4.39 Å². The van der Waals surface area contributed by atoms with Crippen molar-refractivity contribution in [2.75, 3.05) is 18.0 Å². The Labute approximate surface area is 96.5 Å². The van der Waals surface area contributed by atoms with Crippen molar-refractivity contribution in [2.45, 2.75) is 26.7 Å². The molecule has 0 aromatic carbocycles. The predicted molar refractivity (Wildman–Crippen MR) is 64.0 cm³/mol. The Morgan fingerprint density at radius 3 is 3.00 bits per heavy atom. The van der Waals surface area contributed by atoms with Crippen LogP contribution in [0, 0.1) is 17.7 Å². The summed E-state index contributed by atoms with van der Waals surface area (Å²) in [6.07, 6.45) is 5.39. The van der Waals surface area contributed by atoms with Crippen LogP contribution in [0.1, 0.15) is 26.7 Å². The molecule has 1 aromatic heterocycles. The highest BCUT2D eigenvalue weighted by molar-refractivity contribution is 5.46. The van der Waals surface area contributed by atoms with E-state index in [1.165, 1.54) is 12.6 Å². The second-order valence-corrected chi connectivity index (χ2v) is 4.92. The molecule has 2 heterocycles. The number of hydrogen-bond acceptors (Lipinski definition) is 2. The third kappa shape index (κ3) is 2.34. The molecule has 16 heavy (non-hydrogen) atoms. The molecule has 3 heteroatoms. The zero-order valence-corrected chi connectivity index (χ0v) is 9.99. The van der Waals surface area contributed by atoms with Crippen LogP contribution in [0.5, 0.6) is 0 Å². The minimum Gasteiger partial charge on any atom is -0.369 e. The van der Waals surface area contributed by atoms with E-state index in [0.717, 1.165) is 19.5 Å². The highest BCUT2D eigenvalue weighted by Gasteiger charge is 2.23. The van der Waals surface area contributed by atoms with E-state index in [9.17, 15) is 4.39 Å². The molecule has 0 N–H and O–H groups in total. The highest BCUT2D eigenvalue weighted by Crippen LogP contribution is 2.28. The first-order valence-electron chi connectivity index (χ1n) is 6.03. The summed E-state index contributed by atoms with van der Waals surface area (Å²) >= 11 is 0. The second kappa shape index (κ2) is 4.81. The van der Waals surface area contributed by atoms with E-state index in [4.69, 9.17) is 0 Å². The number of aromatic nitrogens is 1. The average molecular weight is 222 g/mol. The summed E-state index contributed by atoms with van der Waals surface area (Å²) in [6.45, 7) is 6.43. The van der Waals surface area contributed by atoms with Gasteiger partial charge in [-0.15, -0.1) is 0 Å². The van der Waals surface area contributed by atoms with E-state index in [-0.39, 0.29) is 5.82 Å². The van der Waals surface area contributed by atoms with Gasteiger partial charge in [0.15, 0.2) is 5.82 Å². The summed E-state index contributed by atoms with van der Waals surface area (Å²) in [5.74, 6) is 1.15. The molecule has 2 rings (SSSR count). The lowest BCUT2D eigenvalue weighted by Crippen LogP contribution is -2.37.